The number of hydrogen-bond donors (Lipinski definition) is 1. The molecule has 4 rings (SSSR count). The zero-order chi connectivity index (χ0) is 21.8. The van der Waals surface area contributed by atoms with Crippen LogP contribution in [0.5, 0.6) is 0 Å². The van der Waals surface area contributed by atoms with Crippen LogP contribution >= 0.6 is 0 Å². The number of nitrogens with one attached hydrogen (secondary N) is 1. The van der Waals surface area contributed by atoms with Crippen LogP contribution in [0.15, 0.2) is 0 Å². The van der Waals surface area contributed by atoms with Gasteiger partial charge in [-0.3, -0.25) is 14.3 Å². The van der Waals surface area contributed by atoms with Crippen molar-refractivity contribution in [2.45, 2.75) is 57.4 Å². The predicted octanol–water partition coefficient (Wildman–Crippen LogP) is 1.38. The number of amides is 2. The molecule has 0 saturated carbocycles. The maximum absolute atomic E-state index is 12.9. The summed E-state index contributed by atoms with van der Waals surface area (Å²) in [5, 5.41) is 7.62. The van der Waals surface area contributed by atoms with Gasteiger partial charge in [-0.15, -0.1) is 0 Å². The van der Waals surface area contributed by atoms with Gasteiger partial charge in [-0.1, -0.05) is 0 Å². The van der Waals surface area contributed by atoms with E-state index in [-0.39, 0.29) is 17.9 Å². The van der Waals surface area contributed by atoms with E-state index in [2.05, 4.69) is 15.3 Å². The number of carbonyl (C=O) groups is 2. The number of carbonyl (C=O) groups excluding carboxylic acids is 2. The van der Waals surface area contributed by atoms with Crippen LogP contribution in [0.4, 0.5) is 0 Å². The van der Waals surface area contributed by atoms with Gasteiger partial charge in [-0.25, -0.2) is 0 Å². The van der Waals surface area contributed by atoms with Crippen LogP contribution in [0.3, 0.4) is 0 Å². The van der Waals surface area contributed by atoms with Crippen LogP contribution in [0, 0.1) is 5.92 Å². The van der Waals surface area contributed by atoms with Crippen LogP contribution in [0.2, 0.25) is 0 Å². The van der Waals surface area contributed by atoms with Crippen LogP contribution < -0.4 is 5.32 Å². The Balaban J connectivity index is 1.47. The number of ether oxygens (including phenoxy) is 1. The molecule has 1 saturated heterocycles. The Bertz CT molecular complexity index is 786. The summed E-state index contributed by atoms with van der Waals surface area (Å²) < 4.78 is 7.36. The molecular weight excluding hydrogens is 394 g/mol. The summed E-state index contributed by atoms with van der Waals surface area (Å²) in [4.78, 5) is 30.2. The molecule has 8 heteroatoms. The van der Waals surface area contributed by atoms with Gasteiger partial charge in [0, 0.05) is 64.1 Å². The smallest absolute Gasteiger partial charge is 0.272 e. The van der Waals surface area contributed by atoms with E-state index >= 15 is 0 Å². The topological polar surface area (TPSA) is 79.7 Å². The number of fused-ring (bicyclic) bond motifs is 1. The number of rotatable bonds is 2. The molecule has 1 aromatic rings. The quantitative estimate of drug-likeness (QED) is 0.765. The molecule has 172 valence electrons. The molecule has 1 unspecified atom stereocenters. The summed E-state index contributed by atoms with van der Waals surface area (Å²) in [5.74, 6) is 0.790. The number of nitrogens with zero attached hydrogens (tertiary/aromatic N) is 4. The normalized spacial score (nSPS) is 25.1. The molecule has 1 aliphatic carbocycles. The number of hydrogen-bond acceptors (Lipinski definition) is 5. The number of likely N-dealkylation sites (N-methyl/N-ethyl adjacent to an activating group) is 1. The zero-order valence-corrected chi connectivity index (χ0v) is 19.1. The van der Waals surface area contributed by atoms with Crippen molar-refractivity contribution in [2.75, 3.05) is 46.4 Å². The monoisotopic (exact) mass is 431 g/mol. The minimum atomic E-state index is -0.0858. The highest BCUT2D eigenvalue weighted by atomic mass is 16.5. The van der Waals surface area contributed by atoms with Gasteiger partial charge in [-0.05, 0) is 64.0 Å². The van der Waals surface area contributed by atoms with Gasteiger partial charge in [0.1, 0.15) is 0 Å². The number of aryl methyl sites for hydroxylation is 1. The van der Waals surface area contributed by atoms with Crippen molar-refractivity contribution in [1.29, 1.82) is 0 Å². The highest BCUT2D eigenvalue weighted by Gasteiger charge is 2.31. The lowest BCUT2D eigenvalue weighted by Crippen LogP contribution is -2.41. The molecule has 31 heavy (non-hydrogen) atoms. The molecule has 1 atom stereocenters. The Morgan fingerprint density at radius 1 is 1.06 bits per heavy atom. The molecule has 0 spiro atoms. The molecule has 3 aliphatic rings. The van der Waals surface area contributed by atoms with E-state index < -0.39 is 0 Å². The van der Waals surface area contributed by atoms with E-state index in [1.807, 2.05) is 23.7 Å². The van der Waals surface area contributed by atoms with Crippen LogP contribution in [-0.4, -0.2) is 83.9 Å². The summed E-state index contributed by atoms with van der Waals surface area (Å²) >= 11 is 0. The second-order valence-electron chi connectivity index (χ2n) is 9.37. The van der Waals surface area contributed by atoms with Crippen molar-refractivity contribution in [3.05, 3.63) is 17.0 Å². The average molecular weight is 432 g/mol. The first-order valence-corrected chi connectivity index (χ1v) is 11.9. The largest absolute Gasteiger partial charge is 0.381 e. The Hall–Kier alpha value is -1.93. The lowest BCUT2D eigenvalue weighted by Gasteiger charge is -2.32. The molecule has 8 nitrogen and oxygen atoms in total. The maximum atomic E-state index is 12.9. The summed E-state index contributed by atoms with van der Waals surface area (Å²) in [6, 6.07) is 0.138. The van der Waals surface area contributed by atoms with Gasteiger partial charge in [-0.2, -0.15) is 5.10 Å². The standard InChI is InChI=1S/C23H37N5O3/c1-26-18-6-7-20-19(15-18)22(25-27(20)2)23(30)24-10-4-12-28(11-3-5-21(26)29)16-17-8-13-31-14-9-17/h17-18H,3-16H2,1-2H3,(H,24,30). The van der Waals surface area contributed by atoms with Crippen molar-refractivity contribution >= 4 is 11.8 Å². The first-order valence-electron chi connectivity index (χ1n) is 11.9. The highest BCUT2D eigenvalue weighted by molar-refractivity contribution is 5.94. The molecule has 0 aromatic carbocycles. The van der Waals surface area contributed by atoms with Gasteiger partial charge in [0.05, 0.1) is 0 Å². The van der Waals surface area contributed by atoms with Gasteiger partial charge in [0.2, 0.25) is 5.91 Å². The zero-order valence-electron chi connectivity index (χ0n) is 19.1. The van der Waals surface area contributed by atoms with Gasteiger partial charge < -0.3 is 19.9 Å². The molecule has 1 aromatic heterocycles. The fourth-order valence-corrected chi connectivity index (χ4v) is 5.29. The van der Waals surface area contributed by atoms with E-state index in [1.54, 1.807) is 0 Å². The Morgan fingerprint density at radius 3 is 2.65 bits per heavy atom. The van der Waals surface area contributed by atoms with Crippen molar-refractivity contribution in [3.63, 3.8) is 0 Å². The SMILES string of the molecule is CN1C(=O)CCCN(CC2CCOCC2)CCCNC(=O)c2nn(C)c3c2CC1CC3. The predicted molar refractivity (Wildman–Crippen MR) is 118 cm³/mol. The second kappa shape index (κ2) is 10.1. The summed E-state index contributed by atoms with van der Waals surface area (Å²) in [6.45, 7) is 5.28. The molecule has 2 bridgehead atoms. The van der Waals surface area contributed by atoms with Gasteiger partial charge in [0.25, 0.3) is 5.91 Å². The third-order valence-electron chi connectivity index (χ3n) is 7.24. The molecule has 1 N–H and O–H groups in total. The van der Waals surface area contributed by atoms with Crippen molar-refractivity contribution in [2.24, 2.45) is 13.0 Å². The molecule has 1 fully saturated rings. The van der Waals surface area contributed by atoms with E-state index in [1.165, 1.54) is 0 Å². The first-order chi connectivity index (χ1) is 15.0. The molecular formula is C23H37N5O3. The van der Waals surface area contributed by atoms with Gasteiger partial charge >= 0.3 is 0 Å². The Kier molecular flexibility index (Phi) is 7.27. The second-order valence-corrected chi connectivity index (χ2v) is 9.37. The first kappa shape index (κ1) is 22.3. The molecule has 2 aliphatic heterocycles. The van der Waals surface area contributed by atoms with Crippen molar-refractivity contribution in [1.82, 2.24) is 24.9 Å². The fourth-order valence-electron chi connectivity index (χ4n) is 5.29. The molecule has 0 radical (unpaired) electrons. The number of aromatic nitrogens is 2. The highest BCUT2D eigenvalue weighted by Crippen LogP contribution is 2.27. The van der Waals surface area contributed by atoms with Crippen molar-refractivity contribution in [3.8, 4) is 0 Å². The Morgan fingerprint density at radius 2 is 1.84 bits per heavy atom. The van der Waals surface area contributed by atoms with E-state index in [9.17, 15) is 9.59 Å². The lowest BCUT2D eigenvalue weighted by molar-refractivity contribution is -0.132. The minimum Gasteiger partial charge on any atom is -0.381 e. The van der Waals surface area contributed by atoms with Gasteiger partial charge in [0.15, 0.2) is 5.69 Å². The summed E-state index contributed by atoms with van der Waals surface area (Å²) in [7, 11) is 3.84. The molecule has 2 amide bonds. The van der Waals surface area contributed by atoms with E-state index in [4.69, 9.17) is 4.74 Å². The van der Waals surface area contributed by atoms with E-state index in [0.29, 0.717) is 31.0 Å². The summed E-state index contributed by atoms with van der Waals surface area (Å²) in [6.07, 6.45) is 7.09. The molecule has 3 heterocycles. The van der Waals surface area contributed by atoms with Crippen molar-refractivity contribution < 1.29 is 14.3 Å². The van der Waals surface area contributed by atoms with Crippen LogP contribution in [0.1, 0.15) is 60.3 Å². The van der Waals surface area contributed by atoms with Crippen LogP contribution in [-0.2, 0) is 29.4 Å². The fraction of sp³-hybridized carbons (Fsp3) is 0.783. The lowest BCUT2D eigenvalue weighted by atomic mass is 9.90. The summed E-state index contributed by atoms with van der Waals surface area (Å²) in [5.41, 5.74) is 2.69. The average Bonchev–Trinajstić information content (AvgIpc) is 3.11. The van der Waals surface area contributed by atoms with Crippen LogP contribution in [0.25, 0.3) is 0 Å². The maximum Gasteiger partial charge on any atom is 0.272 e. The Labute approximate surface area is 185 Å². The third-order valence-corrected chi connectivity index (χ3v) is 7.24. The van der Waals surface area contributed by atoms with E-state index in [0.717, 1.165) is 82.6 Å². The third kappa shape index (κ3) is 5.29. The minimum absolute atomic E-state index is 0.0858.